The molecule has 19 heavy (non-hydrogen) atoms. The molecule has 0 aliphatic heterocycles. The van der Waals surface area contributed by atoms with Crippen LogP contribution in [0, 0.1) is 23.7 Å². The van der Waals surface area contributed by atoms with E-state index in [1.54, 1.807) is 12.7 Å². The second-order valence-corrected chi connectivity index (χ2v) is 6.73. The Hall–Kier alpha value is -1.24. The standard InChI is InChI=1S/C18H22O/c1-19-17-4-2-3-12(10-17)11-18-15-6-13-5-14(8-15)9-16(18)7-13/h2-4,10-11,13-16H,5-9H2,1H3. The van der Waals surface area contributed by atoms with Crippen molar-refractivity contribution < 1.29 is 4.74 Å². The maximum absolute atomic E-state index is 5.33. The molecular formula is C18H22O. The van der Waals surface area contributed by atoms with Crippen LogP contribution in [0.15, 0.2) is 29.8 Å². The van der Waals surface area contributed by atoms with Gasteiger partial charge in [0.2, 0.25) is 0 Å². The van der Waals surface area contributed by atoms with Crippen molar-refractivity contribution in [3.63, 3.8) is 0 Å². The van der Waals surface area contributed by atoms with Gasteiger partial charge < -0.3 is 4.74 Å². The molecule has 0 amide bonds. The molecule has 1 nitrogen and oxygen atoms in total. The molecule has 0 heterocycles. The molecule has 1 heteroatoms. The van der Waals surface area contributed by atoms with Gasteiger partial charge in [-0.2, -0.15) is 0 Å². The van der Waals surface area contributed by atoms with Gasteiger partial charge in [-0.05, 0) is 73.5 Å². The number of hydrogen-bond acceptors (Lipinski definition) is 1. The second-order valence-electron chi connectivity index (χ2n) is 6.73. The van der Waals surface area contributed by atoms with Crippen LogP contribution in [0.3, 0.4) is 0 Å². The summed E-state index contributed by atoms with van der Waals surface area (Å²) in [5.74, 6) is 4.85. The Balaban J connectivity index is 1.66. The molecule has 0 radical (unpaired) electrons. The van der Waals surface area contributed by atoms with Gasteiger partial charge in [0.1, 0.15) is 5.75 Å². The van der Waals surface area contributed by atoms with Crippen LogP contribution in [-0.2, 0) is 0 Å². The zero-order valence-corrected chi connectivity index (χ0v) is 11.6. The van der Waals surface area contributed by atoms with Crippen LogP contribution in [0.2, 0.25) is 0 Å². The average Bonchev–Trinajstić information content (AvgIpc) is 2.42. The van der Waals surface area contributed by atoms with E-state index >= 15 is 0 Å². The normalized spacial score (nSPS) is 35.5. The van der Waals surface area contributed by atoms with Gasteiger partial charge in [-0.25, -0.2) is 0 Å². The predicted molar refractivity (Wildman–Crippen MR) is 78.0 cm³/mol. The lowest BCUT2D eigenvalue weighted by atomic mass is 9.54. The summed E-state index contributed by atoms with van der Waals surface area (Å²) in [6.45, 7) is 0. The Bertz CT molecular complexity index is 484. The Morgan fingerprint density at radius 1 is 1.00 bits per heavy atom. The van der Waals surface area contributed by atoms with E-state index in [9.17, 15) is 0 Å². The maximum atomic E-state index is 5.33. The molecular weight excluding hydrogens is 232 g/mol. The second kappa shape index (κ2) is 4.40. The van der Waals surface area contributed by atoms with Crippen molar-refractivity contribution >= 4 is 6.08 Å². The van der Waals surface area contributed by atoms with Gasteiger partial charge in [-0.1, -0.05) is 23.8 Å². The van der Waals surface area contributed by atoms with Crippen molar-refractivity contribution in [2.45, 2.75) is 32.1 Å². The Morgan fingerprint density at radius 2 is 1.68 bits per heavy atom. The van der Waals surface area contributed by atoms with Crippen molar-refractivity contribution in [1.29, 1.82) is 0 Å². The minimum absolute atomic E-state index is 0.891. The summed E-state index contributed by atoms with van der Waals surface area (Å²) >= 11 is 0. The molecule has 0 spiro atoms. The van der Waals surface area contributed by atoms with Crippen molar-refractivity contribution in [2.75, 3.05) is 7.11 Å². The number of ether oxygens (including phenoxy) is 1. The first-order valence-corrected chi connectivity index (χ1v) is 7.67. The smallest absolute Gasteiger partial charge is 0.119 e. The average molecular weight is 254 g/mol. The van der Waals surface area contributed by atoms with Crippen molar-refractivity contribution in [3.05, 3.63) is 35.4 Å². The van der Waals surface area contributed by atoms with Gasteiger partial charge in [0.05, 0.1) is 7.11 Å². The van der Waals surface area contributed by atoms with Crippen molar-refractivity contribution in [1.82, 2.24) is 0 Å². The summed E-state index contributed by atoms with van der Waals surface area (Å²) in [5, 5.41) is 0. The minimum Gasteiger partial charge on any atom is -0.497 e. The van der Waals surface area contributed by atoms with E-state index in [-0.39, 0.29) is 0 Å². The molecule has 4 bridgehead atoms. The number of benzene rings is 1. The summed E-state index contributed by atoms with van der Waals surface area (Å²) in [6.07, 6.45) is 9.84. The fourth-order valence-corrected chi connectivity index (χ4v) is 4.89. The third-order valence-electron chi connectivity index (χ3n) is 5.51. The third-order valence-corrected chi connectivity index (χ3v) is 5.51. The number of allylic oxidation sites excluding steroid dienone is 1. The SMILES string of the molecule is COc1cccc(C=C2C3CC4CC(C3)CC2C4)c1. The molecule has 0 N–H and O–H groups in total. The predicted octanol–water partition coefficient (Wildman–Crippen LogP) is 4.53. The molecule has 0 atom stereocenters. The van der Waals surface area contributed by atoms with E-state index in [0.717, 1.165) is 29.4 Å². The van der Waals surface area contributed by atoms with Crippen LogP contribution < -0.4 is 4.74 Å². The summed E-state index contributed by atoms with van der Waals surface area (Å²) in [4.78, 5) is 0. The number of rotatable bonds is 2. The first-order valence-electron chi connectivity index (χ1n) is 7.67. The molecule has 0 unspecified atom stereocenters. The van der Waals surface area contributed by atoms with Gasteiger partial charge in [0.15, 0.2) is 0 Å². The highest BCUT2D eigenvalue weighted by molar-refractivity contribution is 5.56. The molecule has 0 saturated heterocycles. The maximum Gasteiger partial charge on any atom is 0.119 e. The van der Waals surface area contributed by atoms with E-state index < -0.39 is 0 Å². The Kier molecular flexibility index (Phi) is 2.68. The summed E-state index contributed by atoms with van der Waals surface area (Å²) < 4.78 is 5.33. The highest BCUT2D eigenvalue weighted by Gasteiger charge is 2.44. The summed E-state index contributed by atoms with van der Waals surface area (Å²) in [7, 11) is 1.75. The van der Waals surface area contributed by atoms with Crippen LogP contribution in [0.1, 0.15) is 37.7 Å². The van der Waals surface area contributed by atoms with Gasteiger partial charge in [0.25, 0.3) is 0 Å². The molecule has 100 valence electrons. The fraction of sp³-hybridized carbons (Fsp3) is 0.556. The largest absolute Gasteiger partial charge is 0.497 e. The van der Waals surface area contributed by atoms with Gasteiger partial charge in [0, 0.05) is 0 Å². The lowest BCUT2D eigenvalue weighted by molar-refractivity contribution is 0.0710. The monoisotopic (exact) mass is 254 g/mol. The van der Waals surface area contributed by atoms with Gasteiger partial charge in [-0.15, -0.1) is 0 Å². The van der Waals surface area contributed by atoms with E-state index in [1.165, 1.54) is 37.7 Å². The lowest BCUT2D eigenvalue weighted by Gasteiger charge is -2.51. The fourth-order valence-electron chi connectivity index (χ4n) is 4.89. The van der Waals surface area contributed by atoms with E-state index in [2.05, 4.69) is 24.3 Å². The molecule has 1 aromatic rings. The first kappa shape index (κ1) is 11.6. The van der Waals surface area contributed by atoms with Crippen LogP contribution >= 0.6 is 0 Å². The van der Waals surface area contributed by atoms with Crippen LogP contribution in [0.5, 0.6) is 5.75 Å². The number of methoxy groups -OCH3 is 1. The van der Waals surface area contributed by atoms with Crippen LogP contribution in [-0.4, -0.2) is 7.11 Å². The summed E-state index contributed by atoms with van der Waals surface area (Å²) in [5.41, 5.74) is 3.07. The lowest BCUT2D eigenvalue weighted by Crippen LogP contribution is -2.40. The summed E-state index contributed by atoms with van der Waals surface area (Å²) in [6, 6.07) is 8.50. The first-order chi connectivity index (χ1) is 9.31. The molecule has 5 rings (SSSR count). The molecule has 0 aromatic heterocycles. The Labute approximate surface area is 115 Å². The van der Waals surface area contributed by atoms with Gasteiger partial charge in [-0.3, -0.25) is 0 Å². The molecule has 4 aliphatic carbocycles. The zero-order chi connectivity index (χ0) is 12.8. The highest BCUT2D eigenvalue weighted by atomic mass is 16.5. The molecule has 4 saturated carbocycles. The minimum atomic E-state index is 0.891. The van der Waals surface area contributed by atoms with Crippen LogP contribution in [0.25, 0.3) is 6.08 Å². The molecule has 4 fully saturated rings. The van der Waals surface area contributed by atoms with Crippen molar-refractivity contribution in [2.24, 2.45) is 23.7 Å². The molecule has 1 aromatic carbocycles. The van der Waals surface area contributed by atoms with Gasteiger partial charge >= 0.3 is 0 Å². The Morgan fingerprint density at radius 3 is 2.32 bits per heavy atom. The quantitative estimate of drug-likeness (QED) is 0.753. The van der Waals surface area contributed by atoms with E-state index in [0.29, 0.717) is 0 Å². The topological polar surface area (TPSA) is 9.23 Å². The molecule has 4 aliphatic rings. The van der Waals surface area contributed by atoms with Crippen LogP contribution in [0.4, 0.5) is 0 Å². The number of hydrogen-bond donors (Lipinski definition) is 0. The van der Waals surface area contributed by atoms with E-state index in [1.807, 2.05) is 6.07 Å². The van der Waals surface area contributed by atoms with Crippen molar-refractivity contribution in [3.8, 4) is 5.75 Å². The highest BCUT2D eigenvalue weighted by Crippen LogP contribution is 2.56. The van der Waals surface area contributed by atoms with E-state index in [4.69, 9.17) is 4.74 Å². The zero-order valence-electron chi connectivity index (χ0n) is 11.6. The third kappa shape index (κ3) is 2.00.